The minimum atomic E-state index is -1.17. The van der Waals surface area contributed by atoms with Crippen LogP contribution >= 0.6 is 23.4 Å². The van der Waals surface area contributed by atoms with Gasteiger partial charge in [0.25, 0.3) is 0 Å². The highest BCUT2D eigenvalue weighted by Crippen LogP contribution is 2.27. The summed E-state index contributed by atoms with van der Waals surface area (Å²) in [4.78, 5) is 15.6. The second-order valence-electron chi connectivity index (χ2n) is 4.33. The molecule has 0 fully saturated rings. The molecule has 0 saturated heterocycles. The van der Waals surface area contributed by atoms with Gasteiger partial charge in [-0.15, -0.1) is 11.8 Å². The van der Waals surface area contributed by atoms with Crippen molar-refractivity contribution in [3.63, 3.8) is 0 Å². The molecule has 1 aliphatic carbocycles. The molecule has 0 aromatic carbocycles. The number of pyridine rings is 1. The summed E-state index contributed by atoms with van der Waals surface area (Å²) < 4.78 is 0. The molecule has 0 spiro atoms. The van der Waals surface area contributed by atoms with E-state index in [0.29, 0.717) is 32.8 Å². The lowest BCUT2D eigenvalue weighted by molar-refractivity contribution is 0.0688. The van der Waals surface area contributed by atoms with E-state index >= 15 is 0 Å². The zero-order chi connectivity index (χ0) is 14.2. The Balaban J connectivity index is 2.87. The van der Waals surface area contributed by atoms with Crippen molar-refractivity contribution in [3.8, 4) is 5.75 Å². The molecule has 0 bridgehead atoms. The summed E-state index contributed by atoms with van der Waals surface area (Å²) >= 11 is 7.52. The Morgan fingerprint density at radius 1 is 1.63 bits per heavy atom. The van der Waals surface area contributed by atoms with Crippen LogP contribution < -0.4 is 10.6 Å². The number of aromatic hydroxyl groups is 1. The highest BCUT2D eigenvalue weighted by molar-refractivity contribution is 7.99. The number of hydrogen-bond donors (Lipinski definition) is 2. The Hall–Kier alpha value is -1.20. The molecule has 0 amide bonds. The maximum Gasteiger partial charge on any atom is 0.342 e. The molecule has 1 aliphatic rings. The number of carbonyl (C=O) groups is 1. The quantitative estimate of drug-likeness (QED) is 0.832. The van der Waals surface area contributed by atoms with Gasteiger partial charge in [-0.25, -0.2) is 9.78 Å². The first-order chi connectivity index (χ1) is 8.97. The van der Waals surface area contributed by atoms with Gasteiger partial charge in [-0.3, -0.25) is 0 Å². The molecule has 102 valence electrons. The van der Waals surface area contributed by atoms with Crippen molar-refractivity contribution in [2.75, 3.05) is 5.75 Å². The molecule has 1 aromatic heterocycles. The Morgan fingerprint density at radius 3 is 2.89 bits per heavy atom. The molecule has 0 saturated carbocycles. The van der Waals surface area contributed by atoms with Crippen molar-refractivity contribution in [2.45, 2.75) is 25.3 Å². The van der Waals surface area contributed by atoms with E-state index in [1.165, 1.54) is 11.8 Å². The maximum absolute atomic E-state index is 11.3. The second kappa shape index (κ2) is 5.43. The number of nitrogens with zero attached hydrogens (tertiary/aromatic N) is 1. The number of aromatic carboxylic acids is 1. The van der Waals surface area contributed by atoms with Gasteiger partial charge in [0.05, 0.1) is 5.35 Å². The summed E-state index contributed by atoms with van der Waals surface area (Å²) in [5, 5.41) is 21.2. The van der Waals surface area contributed by atoms with E-state index < -0.39 is 5.97 Å². The lowest BCUT2D eigenvalue weighted by Gasteiger charge is -2.15. The molecule has 1 heterocycles. The third kappa shape index (κ3) is 2.44. The number of aromatic nitrogens is 1. The molecule has 4 nitrogen and oxygen atoms in total. The predicted molar refractivity (Wildman–Crippen MR) is 76.0 cm³/mol. The van der Waals surface area contributed by atoms with Crippen molar-refractivity contribution in [2.24, 2.45) is 5.92 Å². The number of halogens is 1. The third-order valence-corrected chi connectivity index (χ3v) is 4.41. The lowest BCUT2D eigenvalue weighted by Crippen LogP contribution is -2.36. The smallest absolute Gasteiger partial charge is 0.342 e. The van der Waals surface area contributed by atoms with E-state index in [0.717, 1.165) is 0 Å². The number of fused-ring (bicyclic) bond motifs is 1. The standard InChI is InChI=1S/C13H14ClNO3S/c1-3-19-12-8(13(17)18)11(16)7-5-4-6(2)9(14)10(7)15-12/h5-6,16H,3-4H2,1-2H3,(H,17,18). The summed E-state index contributed by atoms with van der Waals surface area (Å²) in [5.74, 6) is -0.607. The highest BCUT2D eigenvalue weighted by Gasteiger charge is 2.22. The van der Waals surface area contributed by atoms with Crippen LogP contribution in [0.3, 0.4) is 0 Å². The first-order valence-electron chi connectivity index (χ1n) is 5.96. The van der Waals surface area contributed by atoms with Crippen LogP contribution in [-0.2, 0) is 0 Å². The maximum atomic E-state index is 11.3. The van der Waals surface area contributed by atoms with Gasteiger partial charge in [0.15, 0.2) is 0 Å². The van der Waals surface area contributed by atoms with Gasteiger partial charge in [-0.05, 0) is 18.1 Å². The van der Waals surface area contributed by atoms with E-state index in [1.807, 2.05) is 13.8 Å². The number of rotatable bonds is 3. The lowest BCUT2D eigenvalue weighted by atomic mass is 10.00. The largest absolute Gasteiger partial charge is 0.506 e. The van der Waals surface area contributed by atoms with Gasteiger partial charge >= 0.3 is 5.97 Å². The molecule has 19 heavy (non-hydrogen) atoms. The van der Waals surface area contributed by atoms with Gasteiger partial charge in [0.1, 0.15) is 16.3 Å². The highest BCUT2D eigenvalue weighted by atomic mass is 35.5. The molecule has 1 unspecified atom stereocenters. The van der Waals surface area contributed by atoms with E-state index in [9.17, 15) is 15.0 Å². The molecule has 2 rings (SSSR count). The Labute approximate surface area is 119 Å². The van der Waals surface area contributed by atoms with Crippen molar-refractivity contribution < 1.29 is 15.0 Å². The zero-order valence-corrected chi connectivity index (χ0v) is 12.2. The summed E-state index contributed by atoms with van der Waals surface area (Å²) in [6.07, 6.45) is 2.46. The number of thioether (sulfide) groups is 1. The van der Waals surface area contributed by atoms with Crippen LogP contribution in [0.2, 0.25) is 0 Å². The van der Waals surface area contributed by atoms with Crippen LogP contribution in [0.15, 0.2) is 5.03 Å². The normalized spacial score (nSPS) is 17.8. The van der Waals surface area contributed by atoms with Crippen LogP contribution in [0.4, 0.5) is 0 Å². The van der Waals surface area contributed by atoms with Crippen LogP contribution in [-0.4, -0.2) is 26.9 Å². The monoisotopic (exact) mass is 299 g/mol. The molecule has 0 radical (unpaired) electrons. The van der Waals surface area contributed by atoms with E-state index in [2.05, 4.69) is 4.98 Å². The molecular weight excluding hydrogens is 286 g/mol. The minimum Gasteiger partial charge on any atom is -0.506 e. The fourth-order valence-electron chi connectivity index (χ4n) is 2.01. The SMILES string of the molecule is CCSc1nc2c(c(O)c1C(=O)O)=CCC(C)C=2Cl. The van der Waals surface area contributed by atoms with Gasteiger partial charge in [-0.1, -0.05) is 31.5 Å². The first-order valence-corrected chi connectivity index (χ1v) is 7.32. The number of carboxylic acids is 1. The summed E-state index contributed by atoms with van der Waals surface area (Å²) in [6.45, 7) is 3.87. The van der Waals surface area contributed by atoms with E-state index in [1.54, 1.807) is 6.08 Å². The molecule has 1 aromatic rings. The van der Waals surface area contributed by atoms with E-state index in [-0.39, 0.29) is 17.2 Å². The zero-order valence-electron chi connectivity index (χ0n) is 10.6. The Morgan fingerprint density at radius 2 is 2.32 bits per heavy atom. The minimum absolute atomic E-state index is 0.135. The van der Waals surface area contributed by atoms with Crippen LogP contribution in [0.1, 0.15) is 30.6 Å². The average Bonchev–Trinajstić information content (AvgIpc) is 2.34. The van der Waals surface area contributed by atoms with Gasteiger partial charge in [0.2, 0.25) is 0 Å². The topological polar surface area (TPSA) is 70.4 Å². The van der Waals surface area contributed by atoms with Crippen LogP contribution in [0.25, 0.3) is 11.1 Å². The first kappa shape index (κ1) is 14.2. The third-order valence-electron chi connectivity index (χ3n) is 3.00. The van der Waals surface area contributed by atoms with Crippen molar-refractivity contribution in [3.05, 3.63) is 16.1 Å². The van der Waals surface area contributed by atoms with Crippen molar-refractivity contribution in [1.29, 1.82) is 0 Å². The molecule has 2 N–H and O–H groups in total. The fourth-order valence-corrected chi connectivity index (χ4v) is 3.00. The summed E-state index contributed by atoms with van der Waals surface area (Å²) in [6, 6.07) is 0. The van der Waals surface area contributed by atoms with Gasteiger partial charge in [-0.2, -0.15) is 0 Å². The van der Waals surface area contributed by atoms with Crippen LogP contribution in [0, 0.1) is 5.92 Å². The van der Waals surface area contributed by atoms with Crippen molar-refractivity contribution >= 4 is 40.4 Å². The Bertz CT molecular complexity index is 657. The number of hydrogen-bond acceptors (Lipinski definition) is 4. The van der Waals surface area contributed by atoms with E-state index in [4.69, 9.17) is 11.6 Å². The molecular formula is C13H14ClNO3S. The second-order valence-corrected chi connectivity index (χ2v) is 5.99. The van der Waals surface area contributed by atoms with Crippen molar-refractivity contribution in [1.82, 2.24) is 4.98 Å². The van der Waals surface area contributed by atoms with Gasteiger partial charge in [0, 0.05) is 10.3 Å². The number of carboxylic acid groups (broad SMARTS) is 1. The molecule has 1 atom stereocenters. The summed E-state index contributed by atoms with van der Waals surface area (Å²) in [7, 11) is 0. The van der Waals surface area contributed by atoms with Gasteiger partial charge < -0.3 is 10.2 Å². The Kier molecular flexibility index (Phi) is 4.06. The fraction of sp³-hybridized carbons (Fsp3) is 0.385. The average molecular weight is 300 g/mol. The molecule has 6 heteroatoms. The molecule has 0 aliphatic heterocycles. The predicted octanol–water partition coefficient (Wildman–Crippen LogP) is 1.76. The van der Waals surface area contributed by atoms with Crippen LogP contribution in [0.5, 0.6) is 5.75 Å². The summed E-state index contributed by atoms with van der Waals surface area (Å²) in [5.41, 5.74) is -0.138.